The standard InChI is InChI=1S/C26H30BrN3O4/c1-17(23(32)28-26(2,3)4)30(16-18-11-13-19(27)14-12-18)22(31)10-7-15-29-24(33)20-8-5-6-9-21(20)25(29)34/h5-6,8-9,11-14,17H,7,10,15-16H2,1-4H3,(H,28,32). The zero-order valence-corrected chi connectivity index (χ0v) is 21.5. The molecular formula is C26H30BrN3O4. The van der Waals surface area contributed by atoms with Crippen LogP contribution in [0.2, 0.25) is 0 Å². The maximum Gasteiger partial charge on any atom is 0.261 e. The lowest BCUT2D eigenvalue weighted by atomic mass is 10.1. The first-order valence-electron chi connectivity index (χ1n) is 11.3. The Morgan fingerprint density at radius 2 is 1.56 bits per heavy atom. The van der Waals surface area contributed by atoms with Crippen molar-refractivity contribution in [2.24, 2.45) is 0 Å². The van der Waals surface area contributed by atoms with Crippen LogP contribution in [-0.4, -0.2) is 51.6 Å². The largest absolute Gasteiger partial charge is 0.350 e. The van der Waals surface area contributed by atoms with Crippen molar-refractivity contribution in [1.29, 1.82) is 0 Å². The third-order valence-electron chi connectivity index (χ3n) is 5.58. The number of fused-ring (bicyclic) bond motifs is 1. The Balaban J connectivity index is 1.68. The summed E-state index contributed by atoms with van der Waals surface area (Å²) in [5.74, 6) is -1.12. The van der Waals surface area contributed by atoms with E-state index in [1.165, 1.54) is 4.90 Å². The van der Waals surface area contributed by atoms with Crippen LogP contribution in [0, 0.1) is 0 Å². The molecule has 180 valence electrons. The van der Waals surface area contributed by atoms with E-state index in [-0.39, 0.29) is 43.1 Å². The third kappa shape index (κ3) is 6.11. The Morgan fingerprint density at radius 1 is 1.00 bits per heavy atom. The fraction of sp³-hybridized carbons (Fsp3) is 0.385. The van der Waals surface area contributed by atoms with E-state index < -0.39 is 11.6 Å². The lowest BCUT2D eigenvalue weighted by Crippen LogP contribution is -2.52. The summed E-state index contributed by atoms with van der Waals surface area (Å²) >= 11 is 3.41. The number of halogens is 1. The molecule has 2 aromatic rings. The Bertz CT molecular complexity index is 1060. The molecule has 2 aromatic carbocycles. The Kier molecular flexibility index (Phi) is 7.92. The molecule has 0 saturated carbocycles. The molecule has 1 aliphatic heterocycles. The second-order valence-corrected chi connectivity index (χ2v) is 10.4. The number of carbonyl (C=O) groups excluding carboxylic acids is 4. The van der Waals surface area contributed by atoms with Gasteiger partial charge in [0.25, 0.3) is 11.8 Å². The molecule has 0 bridgehead atoms. The molecule has 4 amide bonds. The average molecular weight is 528 g/mol. The molecule has 0 spiro atoms. The Labute approximate surface area is 208 Å². The second-order valence-electron chi connectivity index (χ2n) is 9.47. The number of hydrogen-bond donors (Lipinski definition) is 1. The van der Waals surface area contributed by atoms with Gasteiger partial charge < -0.3 is 10.2 Å². The third-order valence-corrected chi connectivity index (χ3v) is 6.11. The molecule has 0 radical (unpaired) electrons. The molecule has 1 unspecified atom stereocenters. The SMILES string of the molecule is CC(C(=O)NC(C)(C)C)N(Cc1ccc(Br)cc1)C(=O)CCCN1C(=O)c2ccccc2C1=O. The van der Waals surface area contributed by atoms with Crippen LogP contribution in [0.5, 0.6) is 0 Å². The van der Waals surface area contributed by atoms with Crippen LogP contribution in [0.15, 0.2) is 53.0 Å². The van der Waals surface area contributed by atoms with Gasteiger partial charge in [-0.2, -0.15) is 0 Å². The molecule has 0 saturated heterocycles. The minimum absolute atomic E-state index is 0.108. The second kappa shape index (κ2) is 10.5. The molecule has 34 heavy (non-hydrogen) atoms. The highest BCUT2D eigenvalue weighted by molar-refractivity contribution is 9.10. The van der Waals surface area contributed by atoms with Crippen LogP contribution < -0.4 is 5.32 Å². The number of benzene rings is 2. The first-order chi connectivity index (χ1) is 16.0. The van der Waals surface area contributed by atoms with Gasteiger partial charge in [0.1, 0.15) is 6.04 Å². The van der Waals surface area contributed by atoms with E-state index in [0.717, 1.165) is 10.0 Å². The fourth-order valence-corrected chi connectivity index (χ4v) is 4.08. The number of hydrogen-bond acceptors (Lipinski definition) is 4. The van der Waals surface area contributed by atoms with E-state index in [1.807, 2.05) is 45.0 Å². The molecule has 3 rings (SSSR count). The molecule has 0 aromatic heterocycles. The lowest BCUT2D eigenvalue weighted by molar-refractivity contribution is -0.141. The predicted molar refractivity (Wildman–Crippen MR) is 133 cm³/mol. The van der Waals surface area contributed by atoms with Crippen LogP contribution in [0.1, 0.15) is 66.8 Å². The summed E-state index contributed by atoms with van der Waals surface area (Å²) in [6.07, 6.45) is 0.422. The number of nitrogens with one attached hydrogen (secondary N) is 1. The van der Waals surface area contributed by atoms with Crippen molar-refractivity contribution in [3.05, 3.63) is 69.7 Å². The first-order valence-corrected chi connectivity index (χ1v) is 12.1. The van der Waals surface area contributed by atoms with Gasteiger partial charge in [-0.25, -0.2) is 0 Å². The van der Waals surface area contributed by atoms with Gasteiger partial charge in [-0.1, -0.05) is 40.2 Å². The van der Waals surface area contributed by atoms with Gasteiger partial charge in [0, 0.05) is 29.5 Å². The van der Waals surface area contributed by atoms with Crippen molar-refractivity contribution >= 4 is 39.6 Å². The minimum atomic E-state index is -0.685. The number of nitrogens with zero attached hydrogens (tertiary/aromatic N) is 2. The van der Waals surface area contributed by atoms with Gasteiger partial charge in [-0.15, -0.1) is 0 Å². The molecule has 7 nitrogen and oxygen atoms in total. The number of imide groups is 1. The first kappa shape index (κ1) is 25.6. The summed E-state index contributed by atoms with van der Waals surface area (Å²) in [5.41, 5.74) is 1.25. The van der Waals surface area contributed by atoms with Crippen LogP contribution >= 0.6 is 15.9 Å². The van der Waals surface area contributed by atoms with Crippen LogP contribution in [0.3, 0.4) is 0 Å². The van der Waals surface area contributed by atoms with Crippen LogP contribution in [-0.2, 0) is 16.1 Å². The lowest BCUT2D eigenvalue weighted by Gasteiger charge is -2.31. The highest BCUT2D eigenvalue weighted by atomic mass is 79.9. The normalized spacial score (nSPS) is 14.1. The monoisotopic (exact) mass is 527 g/mol. The topological polar surface area (TPSA) is 86.8 Å². The molecule has 1 N–H and O–H groups in total. The summed E-state index contributed by atoms with van der Waals surface area (Å²) < 4.78 is 0.925. The number of amides is 4. The minimum Gasteiger partial charge on any atom is -0.350 e. The predicted octanol–water partition coefficient (Wildman–Crippen LogP) is 4.16. The maximum atomic E-state index is 13.2. The summed E-state index contributed by atoms with van der Waals surface area (Å²) in [5, 5.41) is 2.93. The summed E-state index contributed by atoms with van der Waals surface area (Å²) in [6.45, 7) is 7.80. The van der Waals surface area contributed by atoms with Crippen molar-refractivity contribution in [2.45, 2.75) is 58.7 Å². The van der Waals surface area contributed by atoms with E-state index in [1.54, 1.807) is 36.1 Å². The van der Waals surface area contributed by atoms with Crippen molar-refractivity contribution in [3.8, 4) is 0 Å². The molecule has 0 aliphatic carbocycles. The van der Waals surface area contributed by atoms with Crippen molar-refractivity contribution < 1.29 is 19.2 Å². The van der Waals surface area contributed by atoms with E-state index in [2.05, 4.69) is 21.2 Å². The van der Waals surface area contributed by atoms with Gasteiger partial charge in [-0.05, 0) is 63.9 Å². The van der Waals surface area contributed by atoms with Crippen molar-refractivity contribution in [1.82, 2.24) is 15.1 Å². The maximum absolute atomic E-state index is 13.2. The highest BCUT2D eigenvalue weighted by Gasteiger charge is 2.35. The number of carbonyl (C=O) groups is 4. The quantitative estimate of drug-likeness (QED) is 0.522. The van der Waals surface area contributed by atoms with E-state index in [9.17, 15) is 19.2 Å². The summed E-state index contributed by atoms with van der Waals surface area (Å²) in [4.78, 5) is 53.9. The molecule has 0 fully saturated rings. The van der Waals surface area contributed by atoms with Crippen molar-refractivity contribution in [2.75, 3.05) is 6.54 Å². The molecule has 1 heterocycles. The van der Waals surface area contributed by atoms with Gasteiger partial charge in [-0.3, -0.25) is 24.1 Å². The van der Waals surface area contributed by atoms with E-state index in [4.69, 9.17) is 0 Å². The van der Waals surface area contributed by atoms with Gasteiger partial charge >= 0.3 is 0 Å². The van der Waals surface area contributed by atoms with Crippen LogP contribution in [0.25, 0.3) is 0 Å². The summed E-state index contributed by atoms with van der Waals surface area (Å²) in [6, 6.07) is 13.6. The summed E-state index contributed by atoms with van der Waals surface area (Å²) in [7, 11) is 0. The highest BCUT2D eigenvalue weighted by Crippen LogP contribution is 2.23. The zero-order chi connectivity index (χ0) is 25.0. The van der Waals surface area contributed by atoms with E-state index in [0.29, 0.717) is 17.5 Å². The smallest absolute Gasteiger partial charge is 0.261 e. The molecule has 1 aliphatic rings. The van der Waals surface area contributed by atoms with Gasteiger partial charge in [0.05, 0.1) is 11.1 Å². The zero-order valence-electron chi connectivity index (χ0n) is 19.9. The molecule has 1 atom stereocenters. The Hall–Kier alpha value is -3.00. The molecular weight excluding hydrogens is 498 g/mol. The fourth-order valence-electron chi connectivity index (χ4n) is 3.82. The number of rotatable bonds is 8. The van der Waals surface area contributed by atoms with Crippen LogP contribution in [0.4, 0.5) is 0 Å². The van der Waals surface area contributed by atoms with Crippen molar-refractivity contribution in [3.63, 3.8) is 0 Å². The van der Waals surface area contributed by atoms with Gasteiger partial charge in [0.15, 0.2) is 0 Å². The average Bonchev–Trinajstić information content (AvgIpc) is 3.02. The van der Waals surface area contributed by atoms with E-state index >= 15 is 0 Å². The van der Waals surface area contributed by atoms with Gasteiger partial charge in [0.2, 0.25) is 11.8 Å². The Morgan fingerprint density at radius 3 is 2.09 bits per heavy atom. The molecule has 8 heteroatoms.